The van der Waals surface area contributed by atoms with E-state index in [1.165, 1.54) is 12.1 Å². The van der Waals surface area contributed by atoms with Crippen molar-refractivity contribution < 1.29 is 8.78 Å². The molecule has 1 aliphatic carbocycles. The summed E-state index contributed by atoms with van der Waals surface area (Å²) < 4.78 is 27.8. The van der Waals surface area contributed by atoms with Gasteiger partial charge in [-0.3, -0.25) is 4.99 Å². The van der Waals surface area contributed by atoms with Crippen molar-refractivity contribution in [3.8, 4) is 0 Å². The minimum Gasteiger partial charge on any atom is -0.379 e. The lowest BCUT2D eigenvalue weighted by atomic mass is 9.74. The molecule has 24 heavy (non-hydrogen) atoms. The van der Waals surface area contributed by atoms with E-state index in [1.807, 2.05) is 6.07 Å². The lowest BCUT2D eigenvalue weighted by molar-refractivity contribution is 0.441. The Balaban J connectivity index is 1.77. The molecule has 0 aromatic heterocycles. The molecule has 2 aromatic rings. The monoisotopic (exact) mass is 324 g/mol. The van der Waals surface area contributed by atoms with Crippen LogP contribution in [0.3, 0.4) is 0 Å². The number of fused-ring (bicyclic) bond motifs is 9. The van der Waals surface area contributed by atoms with Gasteiger partial charge in [-0.2, -0.15) is 0 Å². The van der Waals surface area contributed by atoms with Gasteiger partial charge in [-0.1, -0.05) is 0 Å². The van der Waals surface area contributed by atoms with E-state index in [-0.39, 0.29) is 34.9 Å². The van der Waals surface area contributed by atoms with E-state index in [9.17, 15) is 8.78 Å². The Kier molecular flexibility index (Phi) is 2.61. The third kappa shape index (κ3) is 1.71. The Labute approximate surface area is 139 Å². The van der Waals surface area contributed by atoms with E-state index < -0.39 is 0 Å². The second-order valence-electron chi connectivity index (χ2n) is 7.54. The fourth-order valence-corrected chi connectivity index (χ4v) is 5.30. The minimum atomic E-state index is -0.235. The average molecular weight is 324 g/mol. The van der Waals surface area contributed by atoms with Gasteiger partial charge in [-0.15, -0.1) is 0 Å². The summed E-state index contributed by atoms with van der Waals surface area (Å²) in [5.74, 6) is 0.0449. The maximum Gasteiger partial charge on any atom is 0.123 e. The summed E-state index contributed by atoms with van der Waals surface area (Å²) in [6, 6.07) is 9.80. The molecule has 1 saturated carbocycles. The van der Waals surface area contributed by atoms with Crippen LogP contribution < -0.4 is 5.32 Å². The van der Waals surface area contributed by atoms with Gasteiger partial charge in [0.15, 0.2) is 0 Å². The van der Waals surface area contributed by atoms with Crippen molar-refractivity contribution in [3.63, 3.8) is 0 Å². The highest BCUT2D eigenvalue weighted by atomic mass is 19.1. The van der Waals surface area contributed by atoms with Crippen LogP contribution >= 0.6 is 0 Å². The molecule has 1 N–H and O–H groups in total. The molecule has 4 heteroatoms. The topological polar surface area (TPSA) is 24.4 Å². The summed E-state index contributed by atoms with van der Waals surface area (Å²) >= 11 is 0. The van der Waals surface area contributed by atoms with Gasteiger partial charge in [0.05, 0.1) is 5.69 Å². The predicted octanol–water partition coefficient (Wildman–Crippen LogP) is 5.14. The summed E-state index contributed by atoms with van der Waals surface area (Å²) in [4.78, 5) is 4.75. The van der Waals surface area contributed by atoms with Crippen molar-refractivity contribution in [2.45, 2.75) is 37.6 Å². The van der Waals surface area contributed by atoms with E-state index in [1.54, 1.807) is 18.2 Å². The van der Waals surface area contributed by atoms with Gasteiger partial charge in [-0.05, 0) is 73.7 Å². The second-order valence-corrected chi connectivity index (χ2v) is 7.54. The SMILES string of the molecule is CC1=Nc2ccc(F)cc2[C@H]2[C@@H]1[C@]1(C)C[C@H]2c2cc(F)ccc2N1. The third-order valence-corrected chi connectivity index (χ3v) is 6.05. The zero-order valence-corrected chi connectivity index (χ0v) is 13.6. The Morgan fingerprint density at radius 1 is 1.08 bits per heavy atom. The number of rotatable bonds is 0. The number of benzene rings is 2. The van der Waals surface area contributed by atoms with Crippen molar-refractivity contribution in [2.24, 2.45) is 10.9 Å². The first-order valence-corrected chi connectivity index (χ1v) is 8.38. The fourth-order valence-electron chi connectivity index (χ4n) is 5.30. The summed E-state index contributed by atoms with van der Waals surface area (Å²) in [7, 11) is 0. The Morgan fingerprint density at radius 2 is 1.79 bits per heavy atom. The molecule has 2 nitrogen and oxygen atoms in total. The molecule has 4 atom stereocenters. The molecule has 2 aromatic carbocycles. The largest absolute Gasteiger partial charge is 0.379 e. The van der Waals surface area contributed by atoms with Gasteiger partial charge in [-0.25, -0.2) is 8.78 Å². The number of anilines is 1. The standard InChI is InChI=1S/C20H18F2N2/c1-10-19-18(14-8-12(22)3-5-16(14)23-10)15-9-20(19,2)24-17-6-4-11(21)7-13(15)17/h3-8,15,18-19,24H,9H2,1-2H3/t15-,18+,19+,20-/m0/s1. The zero-order chi connectivity index (χ0) is 16.6. The summed E-state index contributed by atoms with van der Waals surface area (Å²) in [5, 5.41) is 3.63. The smallest absolute Gasteiger partial charge is 0.123 e. The molecule has 2 bridgehead atoms. The molecule has 122 valence electrons. The molecule has 3 aliphatic rings. The second kappa shape index (κ2) is 4.44. The Bertz CT molecular complexity index is 905. The van der Waals surface area contributed by atoms with Crippen LogP contribution in [0.4, 0.5) is 20.2 Å². The minimum absolute atomic E-state index is 0.133. The Hall–Kier alpha value is -2.23. The quantitative estimate of drug-likeness (QED) is 0.713. The number of halogens is 2. The van der Waals surface area contributed by atoms with Crippen LogP contribution in [0.2, 0.25) is 0 Å². The first kappa shape index (κ1) is 14.1. The van der Waals surface area contributed by atoms with Crippen LogP contribution in [0.15, 0.2) is 41.4 Å². The summed E-state index contributed by atoms with van der Waals surface area (Å²) in [6.45, 7) is 4.27. The third-order valence-electron chi connectivity index (χ3n) is 6.05. The van der Waals surface area contributed by atoms with Crippen molar-refractivity contribution in [1.29, 1.82) is 0 Å². The van der Waals surface area contributed by atoms with Crippen LogP contribution in [0.1, 0.15) is 43.2 Å². The zero-order valence-electron chi connectivity index (χ0n) is 13.6. The molecule has 2 aliphatic heterocycles. The van der Waals surface area contributed by atoms with Gasteiger partial charge in [0.2, 0.25) is 0 Å². The fraction of sp³-hybridized carbons (Fsp3) is 0.350. The van der Waals surface area contributed by atoms with Crippen molar-refractivity contribution in [3.05, 3.63) is 59.2 Å². The van der Waals surface area contributed by atoms with Crippen LogP contribution in [0.5, 0.6) is 0 Å². The van der Waals surface area contributed by atoms with E-state index in [2.05, 4.69) is 19.2 Å². The van der Waals surface area contributed by atoms with Gasteiger partial charge in [0.1, 0.15) is 11.6 Å². The highest BCUT2D eigenvalue weighted by Gasteiger charge is 2.57. The molecule has 2 heterocycles. The van der Waals surface area contributed by atoms with Gasteiger partial charge in [0, 0.05) is 28.8 Å². The Morgan fingerprint density at radius 3 is 2.58 bits per heavy atom. The lowest BCUT2D eigenvalue weighted by Gasteiger charge is -2.38. The molecule has 0 amide bonds. The molecule has 0 unspecified atom stereocenters. The van der Waals surface area contributed by atoms with E-state index >= 15 is 0 Å². The number of aliphatic imine (C=N–C) groups is 1. The van der Waals surface area contributed by atoms with Crippen molar-refractivity contribution >= 4 is 17.1 Å². The number of hydrogen-bond acceptors (Lipinski definition) is 2. The molecule has 0 spiro atoms. The number of nitrogens with zero attached hydrogens (tertiary/aromatic N) is 1. The van der Waals surface area contributed by atoms with Crippen molar-refractivity contribution in [1.82, 2.24) is 0 Å². The van der Waals surface area contributed by atoms with E-state index in [0.717, 1.165) is 34.6 Å². The highest BCUT2D eigenvalue weighted by molar-refractivity contribution is 5.93. The molecule has 1 fully saturated rings. The number of hydrogen-bond donors (Lipinski definition) is 1. The summed E-state index contributed by atoms with van der Waals surface area (Å²) in [5.41, 5.74) is 4.74. The van der Waals surface area contributed by atoms with Crippen molar-refractivity contribution in [2.75, 3.05) is 5.32 Å². The molecule has 0 saturated heterocycles. The first-order chi connectivity index (χ1) is 11.5. The van der Waals surface area contributed by atoms with Crippen LogP contribution in [-0.4, -0.2) is 11.3 Å². The molecule has 0 radical (unpaired) electrons. The van der Waals surface area contributed by atoms with Crippen LogP contribution in [-0.2, 0) is 0 Å². The maximum absolute atomic E-state index is 13.9. The van der Waals surface area contributed by atoms with Gasteiger partial charge >= 0.3 is 0 Å². The average Bonchev–Trinajstić information content (AvgIpc) is 2.79. The van der Waals surface area contributed by atoms with Gasteiger partial charge in [0.25, 0.3) is 0 Å². The normalized spacial score (nSPS) is 32.3. The van der Waals surface area contributed by atoms with Crippen LogP contribution in [0.25, 0.3) is 0 Å². The first-order valence-electron chi connectivity index (χ1n) is 8.38. The number of nitrogens with one attached hydrogen (secondary N) is 1. The van der Waals surface area contributed by atoms with Gasteiger partial charge < -0.3 is 5.32 Å². The summed E-state index contributed by atoms with van der Waals surface area (Å²) in [6.07, 6.45) is 0.904. The van der Waals surface area contributed by atoms with E-state index in [4.69, 9.17) is 4.99 Å². The van der Waals surface area contributed by atoms with Crippen LogP contribution in [0, 0.1) is 17.6 Å². The maximum atomic E-state index is 13.9. The lowest BCUT2D eigenvalue weighted by Crippen LogP contribution is -2.44. The van der Waals surface area contributed by atoms with E-state index in [0.29, 0.717) is 0 Å². The predicted molar refractivity (Wildman–Crippen MR) is 91.2 cm³/mol. The molecule has 5 rings (SSSR count). The molecular weight excluding hydrogens is 306 g/mol. The highest BCUT2D eigenvalue weighted by Crippen LogP contribution is 2.62. The molecular formula is C20H18F2N2.